The van der Waals surface area contributed by atoms with Crippen molar-refractivity contribution in [2.24, 2.45) is 0 Å². The standard InChI is InChI=1S/C17H25N3O2S/c1-13-3-5-15(6-4-13)19-16(21)11-23-12-17(22)20-9-7-14(18-2)8-10-20/h3-6,14,18H,7-12H2,1-2H3,(H,19,21). The molecule has 0 unspecified atom stereocenters. The second-order valence-electron chi connectivity index (χ2n) is 5.85. The van der Waals surface area contributed by atoms with Crippen LogP contribution in [0.5, 0.6) is 0 Å². The van der Waals surface area contributed by atoms with E-state index in [4.69, 9.17) is 0 Å². The van der Waals surface area contributed by atoms with Crippen LogP contribution in [0.1, 0.15) is 18.4 Å². The van der Waals surface area contributed by atoms with Crippen molar-refractivity contribution in [2.75, 3.05) is 37.0 Å². The van der Waals surface area contributed by atoms with Gasteiger partial charge in [-0.25, -0.2) is 0 Å². The molecule has 1 saturated heterocycles. The highest BCUT2D eigenvalue weighted by Crippen LogP contribution is 2.13. The normalized spacial score (nSPS) is 15.5. The maximum atomic E-state index is 12.1. The van der Waals surface area contributed by atoms with E-state index in [0.29, 0.717) is 17.5 Å². The summed E-state index contributed by atoms with van der Waals surface area (Å²) in [6.45, 7) is 3.62. The molecule has 0 aliphatic carbocycles. The van der Waals surface area contributed by atoms with Gasteiger partial charge < -0.3 is 15.5 Å². The molecule has 2 N–H and O–H groups in total. The second-order valence-corrected chi connectivity index (χ2v) is 6.84. The summed E-state index contributed by atoms with van der Waals surface area (Å²) in [5.74, 6) is 0.728. The molecule has 6 heteroatoms. The first kappa shape index (κ1) is 17.8. The second kappa shape index (κ2) is 8.93. The molecule has 2 amide bonds. The van der Waals surface area contributed by atoms with Crippen LogP contribution in [0.4, 0.5) is 5.69 Å². The van der Waals surface area contributed by atoms with Crippen LogP contribution in [0.15, 0.2) is 24.3 Å². The van der Waals surface area contributed by atoms with Gasteiger partial charge in [0.25, 0.3) is 0 Å². The monoisotopic (exact) mass is 335 g/mol. The van der Waals surface area contributed by atoms with Gasteiger partial charge in [0, 0.05) is 24.8 Å². The van der Waals surface area contributed by atoms with E-state index in [-0.39, 0.29) is 11.8 Å². The number of hydrogen-bond acceptors (Lipinski definition) is 4. The number of amides is 2. The Hall–Kier alpha value is -1.53. The summed E-state index contributed by atoms with van der Waals surface area (Å²) in [6.07, 6.45) is 2.00. The maximum absolute atomic E-state index is 12.1. The molecule has 23 heavy (non-hydrogen) atoms. The minimum absolute atomic E-state index is 0.0689. The maximum Gasteiger partial charge on any atom is 0.234 e. The molecular weight excluding hydrogens is 310 g/mol. The van der Waals surface area contributed by atoms with Crippen molar-refractivity contribution >= 4 is 29.3 Å². The van der Waals surface area contributed by atoms with E-state index in [1.807, 2.05) is 43.1 Å². The quantitative estimate of drug-likeness (QED) is 0.833. The van der Waals surface area contributed by atoms with Gasteiger partial charge in [-0.15, -0.1) is 11.8 Å². The lowest BCUT2D eigenvalue weighted by Gasteiger charge is -2.31. The molecule has 0 spiro atoms. The van der Waals surface area contributed by atoms with Crippen molar-refractivity contribution in [3.63, 3.8) is 0 Å². The lowest BCUT2D eigenvalue weighted by molar-refractivity contribution is -0.129. The highest BCUT2D eigenvalue weighted by atomic mass is 32.2. The van der Waals surface area contributed by atoms with Crippen molar-refractivity contribution in [2.45, 2.75) is 25.8 Å². The van der Waals surface area contributed by atoms with Crippen LogP contribution >= 0.6 is 11.8 Å². The summed E-state index contributed by atoms with van der Waals surface area (Å²) >= 11 is 1.37. The molecule has 1 aromatic rings. The predicted octanol–water partition coefficient (Wildman–Crippen LogP) is 1.88. The number of anilines is 1. The highest BCUT2D eigenvalue weighted by molar-refractivity contribution is 8.00. The topological polar surface area (TPSA) is 61.4 Å². The van der Waals surface area contributed by atoms with Crippen LogP contribution in [0.25, 0.3) is 0 Å². The van der Waals surface area contributed by atoms with Gasteiger partial charge in [-0.3, -0.25) is 9.59 Å². The summed E-state index contributed by atoms with van der Waals surface area (Å²) in [6, 6.07) is 8.21. The minimum atomic E-state index is -0.0689. The van der Waals surface area contributed by atoms with Crippen molar-refractivity contribution in [1.29, 1.82) is 0 Å². The summed E-state index contributed by atoms with van der Waals surface area (Å²) in [5.41, 5.74) is 1.95. The first-order chi connectivity index (χ1) is 11.1. The molecule has 0 bridgehead atoms. The lowest BCUT2D eigenvalue weighted by atomic mass is 10.1. The third kappa shape index (κ3) is 5.88. The molecule has 0 saturated carbocycles. The van der Waals surface area contributed by atoms with Crippen LogP contribution in [0.2, 0.25) is 0 Å². The van der Waals surface area contributed by atoms with Crippen molar-refractivity contribution < 1.29 is 9.59 Å². The van der Waals surface area contributed by atoms with Crippen LogP contribution < -0.4 is 10.6 Å². The molecule has 1 aliphatic rings. The van der Waals surface area contributed by atoms with Gasteiger partial charge in [-0.1, -0.05) is 17.7 Å². The summed E-state index contributed by atoms with van der Waals surface area (Å²) in [7, 11) is 1.96. The van der Waals surface area contributed by atoms with Gasteiger partial charge in [-0.2, -0.15) is 0 Å². The zero-order chi connectivity index (χ0) is 16.7. The Morgan fingerprint density at radius 1 is 1.17 bits per heavy atom. The number of likely N-dealkylation sites (tertiary alicyclic amines) is 1. The van der Waals surface area contributed by atoms with Crippen LogP contribution in [0.3, 0.4) is 0 Å². The Bertz CT molecular complexity index is 525. The third-order valence-electron chi connectivity index (χ3n) is 4.05. The van der Waals surface area contributed by atoms with Gasteiger partial charge in [0.2, 0.25) is 11.8 Å². The molecule has 126 valence electrons. The number of carbonyl (C=O) groups is 2. The van der Waals surface area contributed by atoms with Gasteiger partial charge in [0.05, 0.1) is 11.5 Å². The molecule has 2 rings (SSSR count). The van der Waals surface area contributed by atoms with E-state index in [9.17, 15) is 9.59 Å². The fourth-order valence-electron chi connectivity index (χ4n) is 2.57. The van der Waals surface area contributed by atoms with Crippen LogP contribution in [-0.4, -0.2) is 54.4 Å². The molecular formula is C17H25N3O2S. The van der Waals surface area contributed by atoms with E-state index in [2.05, 4.69) is 10.6 Å². The van der Waals surface area contributed by atoms with Gasteiger partial charge in [0.1, 0.15) is 0 Å². The number of rotatable bonds is 6. The Labute approximate surface area is 142 Å². The fourth-order valence-corrected chi connectivity index (χ4v) is 3.29. The van der Waals surface area contributed by atoms with E-state index in [1.165, 1.54) is 11.8 Å². The first-order valence-electron chi connectivity index (χ1n) is 7.98. The fraction of sp³-hybridized carbons (Fsp3) is 0.529. The molecule has 0 atom stereocenters. The van der Waals surface area contributed by atoms with E-state index < -0.39 is 0 Å². The average molecular weight is 335 g/mol. The molecule has 0 aromatic heterocycles. The SMILES string of the molecule is CNC1CCN(C(=O)CSCC(=O)Nc2ccc(C)cc2)CC1. The molecule has 0 radical (unpaired) electrons. The van der Waals surface area contributed by atoms with Crippen molar-refractivity contribution in [1.82, 2.24) is 10.2 Å². The zero-order valence-electron chi connectivity index (χ0n) is 13.8. The Kier molecular flexibility index (Phi) is 6.92. The zero-order valence-corrected chi connectivity index (χ0v) is 14.6. The van der Waals surface area contributed by atoms with Gasteiger partial charge in [-0.05, 0) is 38.9 Å². The number of aryl methyl sites for hydroxylation is 1. The van der Waals surface area contributed by atoms with Crippen LogP contribution in [0, 0.1) is 6.92 Å². The number of nitrogens with zero attached hydrogens (tertiary/aromatic N) is 1. The number of carbonyl (C=O) groups excluding carboxylic acids is 2. The van der Waals surface area contributed by atoms with Crippen molar-refractivity contribution in [3.8, 4) is 0 Å². The van der Waals surface area contributed by atoms with Gasteiger partial charge in [0.15, 0.2) is 0 Å². The first-order valence-corrected chi connectivity index (χ1v) is 9.13. The third-order valence-corrected chi connectivity index (χ3v) is 4.97. The molecule has 1 aromatic carbocycles. The smallest absolute Gasteiger partial charge is 0.234 e. The predicted molar refractivity (Wildman–Crippen MR) is 95.8 cm³/mol. The highest BCUT2D eigenvalue weighted by Gasteiger charge is 2.21. The Morgan fingerprint density at radius 2 is 1.83 bits per heavy atom. The Morgan fingerprint density at radius 3 is 2.43 bits per heavy atom. The number of nitrogens with one attached hydrogen (secondary N) is 2. The number of thioether (sulfide) groups is 1. The van der Waals surface area contributed by atoms with Crippen LogP contribution in [-0.2, 0) is 9.59 Å². The van der Waals surface area contributed by atoms with Gasteiger partial charge >= 0.3 is 0 Å². The number of benzene rings is 1. The largest absolute Gasteiger partial charge is 0.342 e. The molecule has 1 aliphatic heterocycles. The minimum Gasteiger partial charge on any atom is -0.342 e. The molecule has 5 nitrogen and oxygen atoms in total. The summed E-state index contributed by atoms with van der Waals surface area (Å²) in [4.78, 5) is 25.9. The summed E-state index contributed by atoms with van der Waals surface area (Å²) < 4.78 is 0. The van der Waals surface area contributed by atoms with E-state index >= 15 is 0 Å². The Balaban J connectivity index is 1.65. The average Bonchev–Trinajstić information content (AvgIpc) is 2.57. The van der Waals surface area contributed by atoms with E-state index in [1.54, 1.807) is 0 Å². The number of piperidine rings is 1. The molecule has 1 fully saturated rings. The van der Waals surface area contributed by atoms with E-state index in [0.717, 1.165) is 37.2 Å². The number of hydrogen-bond donors (Lipinski definition) is 2. The summed E-state index contributed by atoms with van der Waals surface area (Å²) in [5, 5.41) is 6.09. The lowest BCUT2D eigenvalue weighted by Crippen LogP contribution is -2.44. The molecule has 1 heterocycles. The van der Waals surface area contributed by atoms with Crippen molar-refractivity contribution in [3.05, 3.63) is 29.8 Å².